The number of benzene rings is 1. The lowest BCUT2D eigenvalue weighted by atomic mass is 10.0. The van der Waals surface area contributed by atoms with Gasteiger partial charge in [0, 0.05) is 16.1 Å². The molecule has 0 radical (unpaired) electrons. The number of halogens is 1. The quantitative estimate of drug-likeness (QED) is 0.483. The number of rotatable bonds is 3. The highest BCUT2D eigenvalue weighted by Crippen LogP contribution is 2.36. The van der Waals surface area contributed by atoms with Crippen molar-refractivity contribution in [1.82, 2.24) is 0 Å². The Morgan fingerprint density at radius 1 is 1.43 bits per heavy atom. The van der Waals surface area contributed by atoms with E-state index in [-0.39, 0.29) is 11.8 Å². The first-order valence-corrected chi connectivity index (χ1v) is 5.09. The van der Waals surface area contributed by atoms with Crippen molar-refractivity contribution in [1.29, 1.82) is 0 Å². The number of phenols is 1. The Balaban J connectivity index is 3.11. The highest BCUT2D eigenvalue weighted by molar-refractivity contribution is 9.10. The average Bonchev–Trinajstić information content (AvgIpc) is 2.13. The number of anilines is 1. The summed E-state index contributed by atoms with van der Waals surface area (Å²) in [5, 5.41) is 9.70. The fourth-order valence-electron chi connectivity index (χ4n) is 1.28. The zero-order valence-corrected chi connectivity index (χ0v) is 9.29. The van der Waals surface area contributed by atoms with E-state index in [1.54, 1.807) is 12.1 Å². The van der Waals surface area contributed by atoms with E-state index < -0.39 is 0 Å². The van der Waals surface area contributed by atoms with Crippen LogP contribution in [0.2, 0.25) is 0 Å². The Bertz CT molecular complexity index is 330. The molecule has 0 aromatic heterocycles. The van der Waals surface area contributed by atoms with Gasteiger partial charge in [0.1, 0.15) is 5.75 Å². The minimum Gasteiger partial charge on any atom is -0.505 e. The first-order valence-electron chi connectivity index (χ1n) is 4.30. The molecule has 0 fully saturated rings. The highest BCUT2D eigenvalue weighted by atomic mass is 79.9. The second-order valence-corrected chi connectivity index (χ2v) is 3.94. The fourth-order valence-corrected chi connectivity index (χ4v) is 1.89. The Morgan fingerprint density at radius 3 is 2.64 bits per heavy atom. The van der Waals surface area contributed by atoms with Crippen LogP contribution in [0.1, 0.15) is 18.0 Å². The molecular formula is C9H14BrN3O. The van der Waals surface area contributed by atoms with Crippen molar-refractivity contribution in [2.24, 2.45) is 11.5 Å². The summed E-state index contributed by atoms with van der Waals surface area (Å²) in [7, 11) is 0. The smallest absolute Gasteiger partial charge is 0.144 e. The molecule has 0 bridgehead atoms. The molecule has 0 unspecified atom stereocenters. The van der Waals surface area contributed by atoms with Crippen LogP contribution < -0.4 is 17.2 Å². The highest BCUT2D eigenvalue weighted by Gasteiger charge is 2.15. The summed E-state index contributed by atoms with van der Waals surface area (Å²) in [5.74, 6) is 0.0420. The van der Waals surface area contributed by atoms with Crippen molar-refractivity contribution in [2.75, 3.05) is 12.3 Å². The Hall–Kier alpha value is -0.780. The standard InChI is InChI=1S/C9H14BrN3O/c10-5-1-2-7(13)9(14)8(5)6(12)3-4-11/h1-2,6,14H,3-4,11-13H2/t6-/m1/s1. The molecule has 5 heteroatoms. The van der Waals surface area contributed by atoms with Gasteiger partial charge in [-0.2, -0.15) is 0 Å². The lowest BCUT2D eigenvalue weighted by molar-refractivity contribution is 0.461. The van der Waals surface area contributed by atoms with E-state index in [1.165, 1.54) is 0 Å². The van der Waals surface area contributed by atoms with Gasteiger partial charge in [-0.3, -0.25) is 0 Å². The summed E-state index contributed by atoms with van der Waals surface area (Å²) in [4.78, 5) is 0. The minimum atomic E-state index is -0.294. The van der Waals surface area contributed by atoms with Gasteiger partial charge < -0.3 is 22.3 Å². The predicted molar refractivity (Wildman–Crippen MR) is 60.8 cm³/mol. The number of nitrogens with two attached hydrogens (primary N) is 3. The topological polar surface area (TPSA) is 98.3 Å². The van der Waals surface area contributed by atoms with Crippen LogP contribution >= 0.6 is 15.9 Å². The molecule has 0 saturated carbocycles. The number of nitrogen functional groups attached to an aromatic ring is 1. The third kappa shape index (κ3) is 2.17. The first kappa shape index (κ1) is 11.3. The molecule has 1 aromatic carbocycles. The zero-order chi connectivity index (χ0) is 10.7. The Morgan fingerprint density at radius 2 is 2.07 bits per heavy atom. The third-order valence-corrected chi connectivity index (χ3v) is 2.74. The van der Waals surface area contributed by atoms with Crippen molar-refractivity contribution >= 4 is 21.6 Å². The van der Waals surface area contributed by atoms with Crippen molar-refractivity contribution in [3.05, 3.63) is 22.2 Å². The number of aromatic hydroxyl groups is 1. The Labute approximate surface area is 91.2 Å². The number of hydrogen-bond acceptors (Lipinski definition) is 4. The van der Waals surface area contributed by atoms with Gasteiger partial charge in [0.05, 0.1) is 5.69 Å². The fraction of sp³-hybridized carbons (Fsp3) is 0.333. The summed E-state index contributed by atoms with van der Waals surface area (Å²) < 4.78 is 0.755. The molecule has 1 aromatic rings. The number of phenolic OH excluding ortho intramolecular Hbond substituents is 1. The first-order chi connectivity index (χ1) is 6.57. The minimum absolute atomic E-state index is 0.0420. The maximum atomic E-state index is 9.70. The van der Waals surface area contributed by atoms with Crippen LogP contribution in [-0.2, 0) is 0 Å². The van der Waals surface area contributed by atoms with Crippen molar-refractivity contribution < 1.29 is 5.11 Å². The summed E-state index contributed by atoms with van der Waals surface area (Å²) >= 11 is 3.32. The molecule has 0 aliphatic carbocycles. The second kappa shape index (κ2) is 4.63. The monoisotopic (exact) mass is 259 g/mol. The van der Waals surface area contributed by atoms with E-state index in [2.05, 4.69) is 15.9 Å². The summed E-state index contributed by atoms with van der Waals surface area (Å²) in [6, 6.07) is 3.09. The molecule has 1 rings (SSSR count). The van der Waals surface area contributed by atoms with Crippen molar-refractivity contribution in [3.63, 3.8) is 0 Å². The second-order valence-electron chi connectivity index (χ2n) is 3.08. The van der Waals surface area contributed by atoms with E-state index in [1.807, 2.05) is 0 Å². The molecule has 4 nitrogen and oxygen atoms in total. The van der Waals surface area contributed by atoms with Gasteiger partial charge >= 0.3 is 0 Å². The summed E-state index contributed by atoms with van der Waals surface area (Å²) in [5.41, 5.74) is 17.8. The SMILES string of the molecule is NCC[C@@H](N)c1c(Br)ccc(N)c1O. The molecule has 0 saturated heterocycles. The molecule has 0 aliphatic heterocycles. The molecule has 0 spiro atoms. The van der Waals surface area contributed by atoms with E-state index in [0.717, 1.165) is 4.47 Å². The van der Waals surface area contributed by atoms with Gasteiger partial charge in [0.25, 0.3) is 0 Å². The maximum Gasteiger partial charge on any atom is 0.144 e. The molecule has 0 aliphatic rings. The molecule has 14 heavy (non-hydrogen) atoms. The van der Waals surface area contributed by atoms with Crippen LogP contribution in [0, 0.1) is 0 Å². The molecule has 1 atom stereocenters. The van der Waals surface area contributed by atoms with Gasteiger partial charge in [-0.1, -0.05) is 15.9 Å². The van der Waals surface area contributed by atoms with Crippen molar-refractivity contribution in [3.8, 4) is 5.75 Å². The van der Waals surface area contributed by atoms with Crippen LogP contribution in [0.5, 0.6) is 5.75 Å². The van der Waals surface area contributed by atoms with Gasteiger partial charge in [0.15, 0.2) is 0 Å². The van der Waals surface area contributed by atoms with E-state index >= 15 is 0 Å². The van der Waals surface area contributed by atoms with Crippen LogP contribution in [0.4, 0.5) is 5.69 Å². The van der Waals surface area contributed by atoms with E-state index in [4.69, 9.17) is 17.2 Å². The molecular weight excluding hydrogens is 246 g/mol. The van der Waals surface area contributed by atoms with E-state index in [0.29, 0.717) is 24.2 Å². The normalized spacial score (nSPS) is 12.8. The third-order valence-electron chi connectivity index (χ3n) is 2.04. The van der Waals surface area contributed by atoms with Gasteiger partial charge in [-0.05, 0) is 25.1 Å². The van der Waals surface area contributed by atoms with E-state index in [9.17, 15) is 5.11 Å². The van der Waals surface area contributed by atoms with Crippen LogP contribution in [0.15, 0.2) is 16.6 Å². The number of hydrogen-bond donors (Lipinski definition) is 4. The van der Waals surface area contributed by atoms with Crippen LogP contribution in [-0.4, -0.2) is 11.7 Å². The zero-order valence-electron chi connectivity index (χ0n) is 7.70. The predicted octanol–water partition coefficient (Wildman–Crippen LogP) is 1.09. The largest absolute Gasteiger partial charge is 0.505 e. The van der Waals surface area contributed by atoms with Crippen LogP contribution in [0.25, 0.3) is 0 Å². The average molecular weight is 260 g/mol. The lowest BCUT2D eigenvalue weighted by Gasteiger charge is -2.15. The molecule has 7 N–H and O–H groups in total. The summed E-state index contributed by atoms with van der Waals surface area (Å²) in [6.07, 6.45) is 0.607. The maximum absolute atomic E-state index is 9.70. The van der Waals surface area contributed by atoms with Crippen LogP contribution in [0.3, 0.4) is 0 Å². The van der Waals surface area contributed by atoms with Crippen molar-refractivity contribution in [2.45, 2.75) is 12.5 Å². The molecule has 0 heterocycles. The molecule has 0 amide bonds. The van der Waals surface area contributed by atoms with Gasteiger partial charge in [-0.25, -0.2) is 0 Å². The molecule has 78 valence electrons. The Kier molecular flexibility index (Phi) is 3.74. The summed E-state index contributed by atoms with van der Waals surface area (Å²) in [6.45, 7) is 0.474. The lowest BCUT2D eigenvalue weighted by Crippen LogP contribution is -2.16. The van der Waals surface area contributed by atoms with Gasteiger partial charge in [0.2, 0.25) is 0 Å². The van der Waals surface area contributed by atoms with Gasteiger partial charge in [-0.15, -0.1) is 0 Å².